The summed E-state index contributed by atoms with van der Waals surface area (Å²) in [5, 5.41) is 0. The van der Waals surface area contributed by atoms with Crippen LogP contribution in [0, 0.1) is 5.82 Å². The first kappa shape index (κ1) is 14.3. The molecule has 1 rings (SSSR count). The van der Waals surface area contributed by atoms with Crippen molar-refractivity contribution >= 4 is 21.7 Å². The number of halogens is 2. The van der Waals surface area contributed by atoms with Crippen LogP contribution in [0.4, 0.5) is 4.39 Å². The number of hydrogen-bond donors (Lipinski definition) is 0. The average molecular weight is 303 g/mol. The number of Topliss-reactive ketones (excluding diaryl/α,β-unsaturated/α-hetero) is 1. The summed E-state index contributed by atoms with van der Waals surface area (Å²) in [5.41, 5.74) is 0.458. The van der Waals surface area contributed by atoms with Crippen LogP contribution in [0.15, 0.2) is 22.7 Å². The van der Waals surface area contributed by atoms with Gasteiger partial charge >= 0.3 is 0 Å². The van der Waals surface area contributed by atoms with Crippen molar-refractivity contribution in [3.8, 4) is 0 Å². The molecule has 0 saturated heterocycles. The Hall–Kier alpha value is -0.740. The van der Waals surface area contributed by atoms with Gasteiger partial charge in [-0.15, -0.1) is 0 Å². The predicted octanol–water partition coefficient (Wildman–Crippen LogP) is 3.51. The second-order valence-corrected chi connectivity index (χ2v) is 5.72. The monoisotopic (exact) mass is 302 g/mol. The maximum absolute atomic E-state index is 13.0. The molecular formula is C13H16BrFO2. The summed E-state index contributed by atoms with van der Waals surface area (Å²) in [4.78, 5) is 11.6. The molecule has 0 radical (unpaired) electrons. The van der Waals surface area contributed by atoms with Gasteiger partial charge in [0.05, 0.1) is 10.1 Å². The van der Waals surface area contributed by atoms with Crippen molar-refractivity contribution in [2.75, 3.05) is 6.61 Å². The van der Waals surface area contributed by atoms with Crippen molar-refractivity contribution in [2.45, 2.75) is 32.8 Å². The topological polar surface area (TPSA) is 26.3 Å². The van der Waals surface area contributed by atoms with Crippen LogP contribution in [0.25, 0.3) is 0 Å². The van der Waals surface area contributed by atoms with Gasteiger partial charge in [-0.3, -0.25) is 4.79 Å². The standard InChI is InChI=1S/C13H16BrFO2/c1-13(2,3)17-8-10(16)6-9-4-5-12(15)11(14)7-9/h4-5,7H,6,8H2,1-3H3. The summed E-state index contributed by atoms with van der Waals surface area (Å²) in [7, 11) is 0. The van der Waals surface area contributed by atoms with Gasteiger partial charge in [0.15, 0.2) is 5.78 Å². The largest absolute Gasteiger partial charge is 0.368 e. The third-order valence-electron chi connectivity index (χ3n) is 2.05. The van der Waals surface area contributed by atoms with Crippen LogP contribution in [-0.2, 0) is 16.0 Å². The maximum Gasteiger partial charge on any atom is 0.162 e. The summed E-state index contributed by atoms with van der Waals surface area (Å²) in [5.74, 6) is -0.342. The summed E-state index contributed by atoms with van der Waals surface area (Å²) in [6, 6.07) is 4.57. The van der Waals surface area contributed by atoms with Gasteiger partial charge in [-0.05, 0) is 54.4 Å². The molecule has 0 spiro atoms. The van der Waals surface area contributed by atoms with E-state index in [2.05, 4.69) is 15.9 Å². The summed E-state index contributed by atoms with van der Waals surface area (Å²) in [6.07, 6.45) is 0.259. The summed E-state index contributed by atoms with van der Waals surface area (Å²) in [6.45, 7) is 5.77. The minimum absolute atomic E-state index is 0.0153. The molecule has 94 valence electrons. The van der Waals surface area contributed by atoms with Crippen molar-refractivity contribution in [2.24, 2.45) is 0 Å². The number of carbonyl (C=O) groups is 1. The van der Waals surface area contributed by atoms with E-state index >= 15 is 0 Å². The molecule has 0 atom stereocenters. The maximum atomic E-state index is 13.0. The highest BCUT2D eigenvalue weighted by Crippen LogP contribution is 2.17. The Bertz CT molecular complexity index is 410. The Balaban J connectivity index is 2.54. The van der Waals surface area contributed by atoms with E-state index in [1.54, 1.807) is 12.1 Å². The Kier molecular flexibility index (Phi) is 4.83. The fourth-order valence-corrected chi connectivity index (χ4v) is 1.65. The molecule has 0 aliphatic carbocycles. The molecule has 0 bridgehead atoms. The van der Waals surface area contributed by atoms with Gasteiger partial charge in [0.1, 0.15) is 12.4 Å². The normalized spacial score (nSPS) is 11.6. The smallest absolute Gasteiger partial charge is 0.162 e. The van der Waals surface area contributed by atoms with Crippen LogP contribution in [0.3, 0.4) is 0 Å². The van der Waals surface area contributed by atoms with Crippen molar-refractivity contribution < 1.29 is 13.9 Å². The van der Waals surface area contributed by atoms with E-state index in [9.17, 15) is 9.18 Å². The zero-order chi connectivity index (χ0) is 13.1. The highest BCUT2D eigenvalue weighted by molar-refractivity contribution is 9.10. The Labute approximate surface area is 109 Å². The average Bonchev–Trinajstić information content (AvgIpc) is 2.20. The molecule has 0 heterocycles. The van der Waals surface area contributed by atoms with E-state index in [-0.39, 0.29) is 30.2 Å². The zero-order valence-electron chi connectivity index (χ0n) is 10.2. The van der Waals surface area contributed by atoms with Crippen LogP contribution in [-0.4, -0.2) is 18.0 Å². The van der Waals surface area contributed by atoms with E-state index in [1.165, 1.54) is 6.07 Å². The van der Waals surface area contributed by atoms with Crippen molar-refractivity contribution in [3.63, 3.8) is 0 Å². The molecule has 2 nitrogen and oxygen atoms in total. The lowest BCUT2D eigenvalue weighted by molar-refractivity contribution is -0.127. The molecule has 1 aromatic rings. The molecule has 0 aromatic heterocycles. The first-order valence-electron chi connectivity index (χ1n) is 5.37. The summed E-state index contributed by atoms with van der Waals surface area (Å²) >= 11 is 3.09. The molecule has 0 aliphatic rings. The molecule has 0 saturated carbocycles. The van der Waals surface area contributed by atoms with Crippen molar-refractivity contribution in [1.82, 2.24) is 0 Å². The van der Waals surface area contributed by atoms with Crippen LogP contribution < -0.4 is 0 Å². The second-order valence-electron chi connectivity index (χ2n) is 4.86. The lowest BCUT2D eigenvalue weighted by Gasteiger charge is -2.18. The van der Waals surface area contributed by atoms with Gasteiger partial charge in [-0.2, -0.15) is 0 Å². The van der Waals surface area contributed by atoms with Gasteiger partial charge < -0.3 is 4.74 Å². The molecular weight excluding hydrogens is 287 g/mol. The first-order valence-corrected chi connectivity index (χ1v) is 6.17. The number of ether oxygens (including phenoxy) is 1. The predicted molar refractivity (Wildman–Crippen MR) is 68.5 cm³/mol. The lowest BCUT2D eigenvalue weighted by Crippen LogP contribution is -2.24. The molecule has 0 N–H and O–H groups in total. The lowest BCUT2D eigenvalue weighted by atomic mass is 10.1. The molecule has 17 heavy (non-hydrogen) atoms. The molecule has 0 amide bonds. The van der Waals surface area contributed by atoms with E-state index in [0.29, 0.717) is 4.47 Å². The van der Waals surface area contributed by atoms with E-state index in [0.717, 1.165) is 5.56 Å². The number of carbonyl (C=O) groups excluding carboxylic acids is 1. The highest BCUT2D eigenvalue weighted by atomic mass is 79.9. The Morgan fingerprint density at radius 2 is 2.06 bits per heavy atom. The van der Waals surface area contributed by atoms with Crippen molar-refractivity contribution in [3.05, 3.63) is 34.1 Å². The highest BCUT2D eigenvalue weighted by Gasteiger charge is 2.13. The summed E-state index contributed by atoms with van der Waals surface area (Å²) < 4.78 is 18.7. The third-order valence-corrected chi connectivity index (χ3v) is 2.66. The van der Waals surface area contributed by atoms with Gasteiger partial charge in [0.2, 0.25) is 0 Å². The van der Waals surface area contributed by atoms with Gasteiger partial charge in [-0.25, -0.2) is 4.39 Å². The first-order chi connectivity index (χ1) is 7.78. The van der Waals surface area contributed by atoms with Crippen LogP contribution in [0.2, 0.25) is 0 Å². The number of rotatable bonds is 4. The second kappa shape index (κ2) is 5.74. The minimum Gasteiger partial charge on any atom is -0.368 e. The minimum atomic E-state index is -0.327. The quantitative estimate of drug-likeness (QED) is 0.851. The zero-order valence-corrected chi connectivity index (χ0v) is 11.8. The van der Waals surface area contributed by atoms with Gasteiger partial charge in [0.25, 0.3) is 0 Å². The van der Waals surface area contributed by atoms with E-state index in [4.69, 9.17) is 4.74 Å². The molecule has 1 aromatic carbocycles. The van der Waals surface area contributed by atoms with Gasteiger partial charge in [0, 0.05) is 6.42 Å². The number of benzene rings is 1. The fraction of sp³-hybridized carbons (Fsp3) is 0.462. The van der Waals surface area contributed by atoms with Crippen LogP contribution in [0.5, 0.6) is 0 Å². The molecule has 0 fully saturated rings. The van der Waals surface area contributed by atoms with Crippen LogP contribution in [0.1, 0.15) is 26.3 Å². The van der Waals surface area contributed by atoms with E-state index < -0.39 is 0 Å². The number of ketones is 1. The Morgan fingerprint density at radius 3 is 2.59 bits per heavy atom. The van der Waals surface area contributed by atoms with Crippen molar-refractivity contribution in [1.29, 1.82) is 0 Å². The SMILES string of the molecule is CC(C)(C)OCC(=O)Cc1ccc(F)c(Br)c1. The molecule has 4 heteroatoms. The van der Waals surface area contributed by atoms with Crippen LogP contribution >= 0.6 is 15.9 Å². The molecule has 0 aliphatic heterocycles. The van der Waals surface area contributed by atoms with Gasteiger partial charge in [-0.1, -0.05) is 6.07 Å². The third kappa shape index (κ3) is 5.41. The molecule has 0 unspecified atom stereocenters. The Morgan fingerprint density at radius 1 is 1.41 bits per heavy atom. The number of hydrogen-bond acceptors (Lipinski definition) is 2. The van der Waals surface area contributed by atoms with E-state index in [1.807, 2.05) is 20.8 Å². The fourth-order valence-electron chi connectivity index (χ4n) is 1.23.